The number of carbonyl (C=O) groups is 2. The van der Waals surface area contributed by atoms with Crippen LogP contribution in [0.2, 0.25) is 0 Å². The van der Waals surface area contributed by atoms with Gasteiger partial charge in [-0.1, -0.05) is 12.5 Å². The van der Waals surface area contributed by atoms with Gasteiger partial charge in [-0.3, -0.25) is 19.1 Å². The highest BCUT2D eigenvalue weighted by Crippen LogP contribution is 2.31. The molecule has 8 heteroatoms. The zero-order valence-electron chi connectivity index (χ0n) is 18.9. The van der Waals surface area contributed by atoms with E-state index in [9.17, 15) is 14.4 Å². The molecule has 4 rings (SSSR count). The van der Waals surface area contributed by atoms with Crippen molar-refractivity contribution in [1.29, 1.82) is 0 Å². The van der Waals surface area contributed by atoms with Gasteiger partial charge in [0.05, 0.1) is 0 Å². The molecule has 0 aromatic carbocycles. The maximum Gasteiger partial charge on any atom is 0.348 e. The van der Waals surface area contributed by atoms with Crippen LogP contribution in [0.1, 0.15) is 49.1 Å². The van der Waals surface area contributed by atoms with Crippen molar-refractivity contribution in [2.45, 2.75) is 65.1 Å². The fourth-order valence-corrected chi connectivity index (χ4v) is 4.60. The van der Waals surface area contributed by atoms with E-state index in [0.717, 1.165) is 43.4 Å². The van der Waals surface area contributed by atoms with Crippen molar-refractivity contribution in [3.63, 3.8) is 0 Å². The van der Waals surface area contributed by atoms with Crippen molar-refractivity contribution >= 4 is 11.8 Å². The summed E-state index contributed by atoms with van der Waals surface area (Å²) in [5.41, 5.74) is 1.97. The van der Waals surface area contributed by atoms with Gasteiger partial charge in [0.15, 0.2) is 0 Å². The van der Waals surface area contributed by atoms with Gasteiger partial charge in [0, 0.05) is 55.4 Å². The minimum absolute atomic E-state index is 0.0240. The Balaban J connectivity index is 1.49. The van der Waals surface area contributed by atoms with Crippen molar-refractivity contribution in [1.82, 2.24) is 24.3 Å². The van der Waals surface area contributed by atoms with E-state index in [1.54, 1.807) is 30.3 Å². The first-order chi connectivity index (χ1) is 15.4. The third-order valence-corrected chi connectivity index (χ3v) is 6.64. The molecule has 2 aliphatic rings. The molecule has 1 unspecified atom stereocenters. The van der Waals surface area contributed by atoms with Crippen LogP contribution in [0.15, 0.2) is 35.4 Å². The Hall–Kier alpha value is -3.03. The van der Waals surface area contributed by atoms with Crippen LogP contribution in [-0.4, -0.2) is 55.3 Å². The third kappa shape index (κ3) is 4.89. The summed E-state index contributed by atoms with van der Waals surface area (Å²) in [6.07, 6.45) is 8.22. The second kappa shape index (κ2) is 9.63. The van der Waals surface area contributed by atoms with Crippen molar-refractivity contribution in [3.8, 4) is 0 Å². The summed E-state index contributed by atoms with van der Waals surface area (Å²) in [5, 5.41) is 0. The van der Waals surface area contributed by atoms with E-state index in [2.05, 4.69) is 9.97 Å². The van der Waals surface area contributed by atoms with Gasteiger partial charge in [0.1, 0.15) is 6.54 Å². The molecule has 170 valence electrons. The number of aromatic nitrogens is 3. The largest absolute Gasteiger partial charge is 0.348 e. The van der Waals surface area contributed by atoms with Gasteiger partial charge in [0.2, 0.25) is 11.8 Å². The molecule has 0 spiro atoms. The summed E-state index contributed by atoms with van der Waals surface area (Å²) in [6, 6.07) is 5.64. The first-order valence-corrected chi connectivity index (χ1v) is 11.4. The molecule has 0 bridgehead atoms. The lowest BCUT2D eigenvalue weighted by molar-refractivity contribution is -0.145. The Morgan fingerprint density at radius 2 is 2.00 bits per heavy atom. The zero-order valence-corrected chi connectivity index (χ0v) is 18.9. The first kappa shape index (κ1) is 22.2. The van der Waals surface area contributed by atoms with E-state index in [-0.39, 0.29) is 30.3 Å². The van der Waals surface area contributed by atoms with Gasteiger partial charge in [-0.25, -0.2) is 4.79 Å². The predicted molar refractivity (Wildman–Crippen MR) is 120 cm³/mol. The second-order valence-corrected chi connectivity index (χ2v) is 9.00. The molecule has 1 aliphatic heterocycles. The van der Waals surface area contributed by atoms with E-state index >= 15 is 0 Å². The average molecular weight is 438 g/mol. The Labute approximate surface area is 188 Å². The SMILES string of the molecule is Cc1cc(C)n(CC(=O)N2CCCC(N(Cc3cccnc3)C(=O)C3CCC3)C2)c(=O)n1. The van der Waals surface area contributed by atoms with E-state index in [0.29, 0.717) is 25.3 Å². The Kier molecular flexibility index (Phi) is 6.67. The highest BCUT2D eigenvalue weighted by molar-refractivity contribution is 5.80. The lowest BCUT2D eigenvalue weighted by Crippen LogP contribution is -2.54. The number of hydrogen-bond donors (Lipinski definition) is 0. The first-order valence-electron chi connectivity index (χ1n) is 11.4. The number of nitrogens with zero attached hydrogens (tertiary/aromatic N) is 5. The van der Waals surface area contributed by atoms with Crippen LogP contribution in [0, 0.1) is 19.8 Å². The van der Waals surface area contributed by atoms with Crippen molar-refractivity contribution in [3.05, 3.63) is 58.0 Å². The molecule has 0 radical (unpaired) electrons. The number of hydrogen-bond acceptors (Lipinski definition) is 5. The molecule has 1 saturated carbocycles. The van der Waals surface area contributed by atoms with Crippen molar-refractivity contribution in [2.24, 2.45) is 5.92 Å². The molecule has 2 amide bonds. The van der Waals surface area contributed by atoms with E-state index in [1.807, 2.05) is 24.0 Å². The summed E-state index contributed by atoms with van der Waals surface area (Å²) in [4.78, 5) is 50.5. The fraction of sp³-hybridized carbons (Fsp3) is 0.542. The molecular formula is C24H31N5O3. The van der Waals surface area contributed by atoms with E-state index < -0.39 is 5.69 Å². The van der Waals surface area contributed by atoms with Gasteiger partial charge >= 0.3 is 5.69 Å². The molecule has 2 fully saturated rings. The number of amides is 2. The topological polar surface area (TPSA) is 88.4 Å². The van der Waals surface area contributed by atoms with E-state index in [1.165, 1.54) is 4.57 Å². The van der Waals surface area contributed by atoms with Crippen LogP contribution in [0.4, 0.5) is 0 Å². The Morgan fingerprint density at radius 3 is 2.66 bits per heavy atom. The lowest BCUT2D eigenvalue weighted by atomic mass is 9.83. The maximum absolute atomic E-state index is 13.3. The quantitative estimate of drug-likeness (QED) is 0.690. The van der Waals surface area contributed by atoms with Crippen molar-refractivity contribution in [2.75, 3.05) is 13.1 Å². The molecule has 0 N–H and O–H groups in total. The van der Waals surface area contributed by atoms with Gasteiger partial charge < -0.3 is 9.80 Å². The summed E-state index contributed by atoms with van der Waals surface area (Å²) < 4.78 is 1.42. The molecule has 2 aromatic heterocycles. The molecule has 3 heterocycles. The normalized spacial score (nSPS) is 18.8. The Bertz CT molecular complexity index is 1030. The highest BCUT2D eigenvalue weighted by Gasteiger charge is 2.36. The van der Waals surface area contributed by atoms with Crippen LogP contribution in [0.3, 0.4) is 0 Å². The maximum atomic E-state index is 13.3. The van der Waals surface area contributed by atoms with Gasteiger partial charge in [-0.05, 0) is 57.2 Å². The smallest absolute Gasteiger partial charge is 0.339 e. The standard InChI is InChI=1S/C24H31N5O3/c1-17-12-18(2)28(24(32)26-17)16-22(30)27-11-5-9-21(15-27)29(23(31)20-7-3-8-20)14-19-6-4-10-25-13-19/h4,6,10,12-13,20-21H,3,5,7-9,11,14-16H2,1-2H3. The van der Waals surface area contributed by atoms with Gasteiger partial charge in [-0.2, -0.15) is 4.98 Å². The predicted octanol–water partition coefficient (Wildman–Crippen LogP) is 2.08. The number of rotatable bonds is 6. The third-order valence-electron chi connectivity index (χ3n) is 6.64. The summed E-state index contributed by atoms with van der Waals surface area (Å²) >= 11 is 0. The molecule has 1 aliphatic carbocycles. The van der Waals surface area contributed by atoms with Crippen molar-refractivity contribution < 1.29 is 9.59 Å². The number of pyridine rings is 1. The van der Waals surface area contributed by atoms with Crippen LogP contribution in [-0.2, 0) is 22.7 Å². The minimum atomic E-state index is -0.400. The number of aryl methyl sites for hydroxylation is 2. The van der Waals surface area contributed by atoms with Crippen LogP contribution >= 0.6 is 0 Å². The fourth-order valence-electron chi connectivity index (χ4n) is 4.60. The second-order valence-electron chi connectivity index (χ2n) is 9.00. The molecule has 8 nitrogen and oxygen atoms in total. The highest BCUT2D eigenvalue weighted by atomic mass is 16.2. The lowest BCUT2D eigenvalue weighted by Gasteiger charge is -2.42. The van der Waals surface area contributed by atoms with Gasteiger partial charge in [-0.15, -0.1) is 0 Å². The summed E-state index contributed by atoms with van der Waals surface area (Å²) in [7, 11) is 0. The van der Waals surface area contributed by atoms with Gasteiger partial charge in [0.25, 0.3) is 0 Å². The monoisotopic (exact) mass is 437 g/mol. The minimum Gasteiger partial charge on any atom is -0.339 e. The van der Waals surface area contributed by atoms with Crippen LogP contribution in [0.5, 0.6) is 0 Å². The number of carbonyl (C=O) groups excluding carboxylic acids is 2. The van der Waals surface area contributed by atoms with Crippen LogP contribution < -0.4 is 5.69 Å². The molecular weight excluding hydrogens is 406 g/mol. The average Bonchev–Trinajstić information content (AvgIpc) is 2.74. The Morgan fingerprint density at radius 1 is 1.19 bits per heavy atom. The summed E-state index contributed by atoms with van der Waals surface area (Å²) in [5.74, 6) is 0.176. The molecule has 2 aromatic rings. The zero-order chi connectivity index (χ0) is 22.7. The molecule has 1 atom stereocenters. The summed E-state index contributed by atoms with van der Waals surface area (Å²) in [6.45, 7) is 5.20. The number of piperidine rings is 1. The number of likely N-dealkylation sites (tertiary alicyclic amines) is 1. The molecule has 32 heavy (non-hydrogen) atoms. The molecule has 1 saturated heterocycles. The van der Waals surface area contributed by atoms with Crippen LogP contribution in [0.25, 0.3) is 0 Å². The van der Waals surface area contributed by atoms with E-state index in [4.69, 9.17) is 0 Å².